The predicted octanol–water partition coefficient (Wildman–Crippen LogP) is 4.67. The zero-order valence-corrected chi connectivity index (χ0v) is 20.4. The van der Waals surface area contributed by atoms with E-state index < -0.39 is 18.3 Å². The van der Waals surface area contributed by atoms with E-state index in [2.05, 4.69) is 9.97 Å². The Morgan fingerprint density at radius 2 is 2.06 bits per heavy atom. The van der Waals surface area contributed by atoms with E-state index >= 15 is 0 Å². The summed E-state index contributed by atoms with van der Waals surface area (Å²) in [5.41, 5.74) is 7.57. The van der Waals surface area contributed by atoms with Crippen LogP contribution in [0.2, 0.25) is 0 Å². The summed E-state index contributed by atoms with van der Waals surface area (Å²) < 4.78 is 42.4. The Bertz CT molecular complexity index is 1240. The van der Waals surface area contributed by atoms with E-state index in [4.69, 9.17) is 19.9 Å². The molecule has 1 aliphatic rings. The number of hydrogen-bond donors (Lipinski definition) is 1. The average molecular weight is 503 g/mol. The molecule has 1 aliphatic heterocycles. The molecule has 184 valence electrons. The van der Waals surface area contributed by atoms with Gasteiger partial charge >= 0.3 is 5.97 Å². The van der Waals surface area contributed by atoms with Crippen molar-refractivity contribution in [1.29, 1.82) is 5.26 Å². The van der Waals surface area contributed by atoms with Gasteiger partial charge in [0.15, 0.2) is 5.16 Å². The standard InChI is InChI=1S/C24H24F2N4O4S/c1-5-33-23(31)19-13(3)34-22(28)16(10-27)20(19)14-6-7-18(32-4)15(9-14)11-35-24-29-12(2)8-17(30-24)21(25)26/h6-9,20-21H,5,11,28H2,1-4H3. The van der Waals surface area contributed by atoms with Crippen molar-refractivity contribution in [2.24, 2.45) is 5.73 Å². The molecule has 2 aromatic rings. The molecule has 2 N–H and O–H groups in total. The van der Waals surface area contributed by atoms with Crippen LogP contribution in [0, 0.1) is 18.3 Å². The summed E-state index contributed by atoms with van der Waals surface area (Å²) in [6, 6.07) is 8.47. The van der Waals surface area contributed by atoms with Crippen molar-refractivity contribution in [3.05, 3.63) is 69.6 Å². The first kappa shape index (κ1) is 26.0. The molecule has 0 fully saturated rings. The molecule has 35 heavy (non-hydrogen) atoms. The Morgan fingerprint density at radius 3 is 2.69 bits per heavy atom. The van der Waals surface area contributed by atoms with Gasteiger partial charge in [0.25, 0.3) is 6.43 Å². The fourth-order valence-corrected chi connectivity index (χ4v) is 4.55. The number of thioether (sulfide) groups is 1. The summed E-state index contributed by atoms with van der Waals surface area (Å²) in [6.45, 7) is 5.02. The lowest BCUT2D eigenvalue weighted by molar-refractivity contribution is -0.139. The molecular formula is C24H24F2N4O4S. The zero-order chi connectivity index (χ0) is 25.7. The van der Waals surface area contributed by atoms with Crippen molar-refractivity contribution in [3.63, 3.8) is 0 Å². The van der Waals surface area contributed by atoms with Crippen LogP contribution in [0.15, 0.2) is 52.2 Å². The van der Waals surface area contributed by atoms with Crippen LogP contribution in [0.3, 0.4) is 0 Å². The maximum absolute atomic E-state index is 13.1. The summed E-state index contributed by atoms with van der Waals surface area (Å²) in [7, 11) is 1.50. The molecular weight excluding hydrogens is 478 g/mol. The number of benzene rings is 1. The number of aryl methyl sites for hydroxylation is 1. The molecule has 0 aliphatic carbocycles. The van der Waals surface area contributed by atoms with Crippen LogP contribution in [0.5, 0.6) is 5.75 Å². The number of nitrogens with two attached hydrogens (primary N) is 1. The van der Waals surface area contributed by atoms with Gasteiger partial charge in [-0.05, 0) is 38.5 Å². The SMILES string of the molecule is CCOC(=O)C1=C(C)OC(N)=C(C#N)C1c1ccc(OC)c(CSc2nc(C)cc(C(F)F)n2)c1. The van der Waals surface area contributed by atoms with Gasteiger partial charge in [-0.3, -0.25) is 0 Å². The number of esters is 1. The first-order valence-corrected chi connectivity index (χ1v) is 11.6. The highest BCUT2D eigenvalue weighted by Crippen LogP contribution is 2.41. The lowest BCUT2D eigenvalue weighted by Crippen LogP contribution is -2.25. The Labute approximate surface area is 205 Å². The van der Waals surface area contributed by atoms with Gasteiger partial charge in [-0.1, -0.05) is 23.9 Å². The number of carbonyl (C=O) groups excluding carboxylic acids is 1. The van der Waals surface area contributed by atoms with Gasteiger partial charge in [0, 0.05) is 17.0 Å². The second-order valence-corrected chi connectivity index (χ2v) is 8.44. The summed E-state index contributed by atoms with van der Waals surface area (Å²) in [4.78, 5) is 20.9. The molecule has 2 heterocycles. The average Bonchev–Trinajstić information content (AvgIpc) is 2.81. The molecule has 0 bridgehead atoms. The number of halogens is 2. The first-order valence-electron chi connectivity index (χ1n) is 10.6. The number of nitrogens with zero attached hydrogens (tertiary/aromatic N) is 3. The number of aromatic nitrogens is 2. The van der Waals surface area contributed by atoms with Crippen LogP contribution in [0.25, 0.3) is 0 Å². The summed E-state index contributed by atoms with van der Waals surface area (Å²) >= 11 is 1.16. The number of alkyl halides is 2. The van der Waals surface area contributed by atoms with Gasteiger partial charge < -0.3 is 19.9 Å². The highest BCUT2D eigenvalue weighted by atomic mass is 32.2. The minimum Gasteiger partial charge on any atom is -0.496 e. The van der Waals surface area contributed by atoms with Gasteiger partial charge in [-0.15, -0.1) is 0 Å². The molecule has 11 heteroatoms. The van der Waals surface area contributed by atoms with Crippen molar-refractivity contribution < 1.29 is 27.8 Å². The molecule has 8 nitrogen and oxygen atoms in total. The number of nitriles is 1. The molecule has 1 atom stereocenters. The van der Waals surface area contributed by atoms with Gasteiger partial charge in [0.1, 0.15) is 28.8 Å². The summed E-state index contributed by atoms with van der Waals surface area (Å²) in [5, 5.41) is 9.98. The van der Waals surface area contributed by atoms with E-state index in [0.29, 0.717) is 22.6 Å². The number of rotatable bonds is 8. The Kier molecular flexibility index (Phi) is 8.30. The molecule has 1 aromatic heterocycles. The molecule has 0 radical (unpaired) electrons. The Balaban J connectivity index is 2.02. The molecule has 0 spiro atoms. The first-order chi connectivity index (χ1) is 16.7. The molecule has 0 saturated heterocycles. The van der Waals surface area contributed by atoms with E-state index in [9.17, 15) is 18.8 Å². The van der Waals surface area contributed by atoms with E-state index in [1.165, 1.54) is 13.2 Å². The number of allylic oxidation sites excluding steroid dienone is 2. The molecule has 1 unspecified atom stereocenters. The van der Waals surface area contributed by atoms with Gasteiger partial charge in [-0.25, -0.2) is 23.5 Å². The fourth-order valence-electron chi connectivity index (χ4n) is 3.66. The maximum atomic E-state index is 13.1. The minimum atomic E-state index is -2.71. The minimum absolute atomic E-state index is 0.0750. The van der Waals surface area contributed by atoms with E-state index in [0.717, 1.165) is 11.8 Å². The maximum Gasteiger partial charge on any atom is 0.338 e. The largest absolute Gasteiger partial charge is 0.496 e. The highest BCUT2D eigenvalue weighted by Gasteiger charge is 2.36. The van der Waals surface area contributed by atoms with E-state index in [-0.39, 0.29) is 46.0 Å². The van der Waals surface area contributed by atoms with Crippen LogP contribution in [0.4, 0.5) is 8.78 Å². The predicted molar refractivity (Wildman–Crippen MR) is 124 cm³/mol. The van der Waals surface area contributed by atoms with Crippen LogP contribution < -0.4 is 10.5 Å². The third-order valence-corrected chi connectivity index (χ3v) is 6.07. The van der Waals surface area contributed by atoms with Crippen LogP contribution >= 0.6 is 11.8 Å². The quantitative estimate of drug-likeness (QED) is 0.312. The van der Waals surface area contributed by atoms with Crippen LogP contribution in [-0.4, -0.2) is 29.7 Å². The number of ether oxygens (including phenoxy) is 3. The van der Waals surface area contributed by atoms with Crippen molar-refractivity contribution in [2.45, 2.75) is 44.0 Å². The van der Waals surface area contributed by atoms with Crippen molar-refractivity contribution in [2.75, 3.05) is 13.7 Å². The topological polar surface area (TPSA) is 120 Å². The van der Waals surface area contributed by atoms with Gasteiger partial charge in [-0.2, -0.15) is 5.26 Å². The van der Waals surface area contributed by atoms with Crippen LogP contribution in [-0.2, 0) is 20.0 Å². The van der Waals surface area contributed by atoms with E-state index in [1.54, 1.807) is 39.0 Å². The number of hydrogen-bond acceptors (Lipinski definition) is 9. The normalized spacial score (nSPS) is 15.7. The molecule has 3 rings (SSSR count). The molecule has 1 aromatic carbocycles. The highest BCUT2D eigenvalue weighted by molar-refractivity contribution is 7.98. The molecule has 0 amide bonds. The van der Waals surface area contributed by atoms with Crippen molar-refractivity contribution in [3.8, 4) is 11.8 Å². The summed E-state index contributed by atoms with van der Waals surface area (Å²) in [6.07, 6.45) is -2.71. The fraction of sp³-hybridized carbons (Fsp3) is 0.333. The second-order valence-electron chi connectivity index (χ2n) is 7.49. The smallest absolute Gasteiger partial charge is 0.338 e. The summed E-state index contributed by atoms with van der Waals surface area (Å²) in [5.74, 6) is -0.473. The van der Waals surface area contributed by atoms with Crippen LogP contribution in [0.1, 0.15) is 48.7 Å². The van der Waals surface area contributed by atoms with Gasteiger partial charge in [0.2, 0.25) is 5.88 Å². The number of methoxy groups -OCH3 is 1. The lowest BCUT2D eigenvalue weighted by atomic mass is 9.82. The Morgan fingerprint density at radius 1 is 1.31 bits per heavy atom. The van der Waals surface area contributed by atoms with E-state index in [1.807, 2.05) is 6.07 Å². The zero-order valence-electron chi connectivity index (χ0n) is 19.6. The van der Waals surface area contributed by atoms with Crippen molar-refractivity contribution in [1.82, 2.24) is 9.97 Å². The monoisotopic (exact) mass is 502 g/mol. The third-order valence-electron chi connectivity index (χ3n) is 5.17. The second kappa shape index (κ2) is 11.2. The lowest BCUT2D eigenvalue weighted by Gasteiger charge is -2.27. The number of carbonyl (C=O) groups is 1. The van der Waals surface area contributed by atoms with Gasteiger partial charge in [0.05, 0.1) is 25.2 Å². The van der Waals surface area contributed by atoms with Crippen molar-refractivity contribution >= 4 is 17.7 Å². The molecule has 0 saturated carbocycles. The Hall–Kier alpha value is -3.65. The third kappa shape index (κ3) is 5.71.